The van der Waals surface area contributed by atoms with E-state index in [2.05, 4.69) is 25.2 Å². The summed E-state index contributed by atoms with van der Waals surface area (Å²) < 4.78 is 31.6. The highest BCUT2D eigenvalue weighted by Gasteiger charge is 2.26. The number of nitrogens with zero attached hydrogens (tertiary/aromatic N) is 3. The smallest absolute Gasteiger partial charge is 0.268 e. The van der Waals surface area contributed by atoms with Crippen molar-refractivity contribution in [1.82, 2.24) is 15.4 Å². The molecule has 2 aromatic rings. The summed E-state index contributed by atoms with van der Waals surface area (Å²) in [5.74, 6) is -0.157. The number of hydrogen-bond acceptors (Lipinski definition) is 7. The minimum Gasteiger partial charge on any atom is -0.409 e. The molecule has 0 atom stereocenters. The fourth-order valence-corrected chi connectivity index (χ4v) is 3.02. The number of aromatic amines is 1. The molecule has 2 aromatic heterocycles. The zero-order valence-electron chi connectivity index (χ0n) is 10.6. The standard InChI is InChI=1S/C9H12N6O4S/c1-4-7(5(2)19-14-4)20(17,18)15-9-6(3-11-12-9)8(10)13-16/h3,16H,1-2H3,(H2,10,13)(H2,11,12,15). The fourth-order valence-electron chi connectivity index (χ4n) is 1.66. The lowest BCUT2D eigenvalue weighted by atomic mass is 10.3. The van der Waals surface area contributed by atoms with Gasteiger partial charge in [-0.25, -0.2) is 8.42 Å². The third-order valence-corrected chi connectivity index (χ3v) is 4.09. The van der Waals surface area contributed by atoms with Crippen LogP contribution in [0.1, 0.15) is 17.0 Å². The van der Waals surface area contributed by atoms with Gasteiger partial charge in [0.05, 0.1) is 11.8 Å². The van der Waals surface area contributed by atoms with E-state index in [0.29, 0.717) is 0 Å². The van der Waals surface area contributed by atoms with Crippen LogP contribution in [0.3, 0.4) is 0 Å². The van der Waals surface area contributed by atoms with Gasteiger partial charge in [-0.15, -0.1) is 0 Å². The van der Waals surface area contributed by atoms with Crippen LogP contribution < -0.4 is 10.5 Å². The zero-order valence-corrected chi connectivity index (χ0v) is 11.4. The second-order valence-corrected chi connectivity index (χ2v) is 5.52. The van der Waals surface area contributed by atoms with Crippen LogP contribution in [0.25, 0.3) is 0 Å². The summed E-state index contributed by atoms with van der Waals surface area (Å²) in [4.78, 5) is -0.0717. The van der Waals surface area contributed by atoms with Crippen LogP contribution in [-0.2, 0) is 10.0 Å². The van der Waals surface area contributed by atoms with Crippen LogP contribution in [0.15, 0.2) is 20.8 Å². The summed E-state index contributed by atoms with van der Waals surface area (Å²) in [5.41, 5.74) is 5.75. The summed E-state index contributed by atoms with van der Waals surface area (Å²) >= 11 is 0. The average Bonchev–Trinajstić information content (AvgIpc) is 2.95. The van der Waals surface area contributed by atoms with E-state index in [4.69, 9.17) is 15.5 Å². The number of amidine groups is 1. The monoisotopic (exact) mass is 300 g/mol. The number of oxime groups is 1. The van der Waals surface area contributed by atoms with Crippen molar-refractivity contribution in [2.24, 2.45) is 10.9 Å². The highest BCUT2D eigenvalue weighted by Crippen LogP contribution is 2.22. The maximum absolute atomic E-state index is 12.3. The SMILES string of the molecule is Cc1noc(C)c1S(=O)(=O)Nc1[nH]ncc1C(N)=NO. The van der Waals surface area contributed by atoms with Crippen LogP contribution in [0.2, 0.25) is 0 Å². The van der Waals surface area contributed by atoms with Gasteiger partial charge in [-0.05, 0) is 13.8 Å². The van der Waals surface area contributed by atoms with Gasteiger partial charge in [0, 0.05) is 0 Å². The van der Waals surface area contributed by atoms with Crippen molar-refractivity contribution in [3.8, 4) is 0 Å². The topological polar surface area (TPSA) is 159 Å². The molecule has 0 unspecified atom stereocenters. The minimum atomic E-state index is -3.94. The Balaban J connectivity index is 2.43. The summed E-state index contributed by atoms with van der Waals surface area (Å²) in [5, 5.41) is 21.0. The highest BCUT2D eigenvalue weighted by atomic mass is 32.2. The Bertz CT molecular complexity index is 740. The molecule has 0 aliphatic heterocycles. The van der Waals surface area contributed by atoms with Gasteiger partial charge in [-0.2, -0.15) is 5.10 Å². The first-order chi connectivity index (χ1) is 9.36. The lowest BCUT2D eigenvalue weighted by Crippen LogP contribution is -2.19. The predicted molar refractivity (Wildman–Crippen MR) is 67.9 cm³/mol. The maximum atomic E-state index is 12.3. The Morgan fingerprint density at radius 1 is 1.55 bits per heavy atom. The van der Waals surface area contributed by atoms with Gasteiger partial charge in [0.25, 0.3) is 10.0 Å². The zero-order chi connectivity index (χ0) is 14.9. The van der Waals surface area contributed by atoms with Crippen LogP contribution in [-0.4, -0.2) is 34.8 Å². The molecule has 5 N–H and O–H groups in total. The number of sulfonamides is 1. The molecule has 2 rings (SSSR count). The number of anilines is 1. The van der Waals surface area contributed by atoms with E-state index in [-0.39, 0.29) is 33.6 Å². The van der Waals surface area contributed by atoms with Gasteiger partial charge in [-0.1, -0.05) is 10.3 Å². The second-order valence-electron chi connectivity index (χ2n) is 3.90. The molecule has 0 aromatic carbocycles. The lowest BCUT2D eigenvalue weighted by molar-refractivity contribution is 0.318. The first kappa shape index (κ1) is 13.9. The molecular formula is C9H12N6O4S. The Hall–Kier alpha value is -2.56. The van der Waals surface area contributed by atoms with Crippen molar-refractivity contribution in [2.45, 2.75) is 18.7 Å². The number of H-pyrrole nitrogens is 1. The Morgan fingerprint density at radius 2 is 2.25 bits per heavy atom. The summed E-state index contributed by atoms with van der Waals surface area (Å²) in [6.07, 6.45) is 1.22. The molecular weight excluding hydrogens is 288 g/mol. The van der Waals surface area contributed by atoms with Gasteiger partial charge >= 0.3 is 0 Å². The molecule has 0 amide bonds. The van der Waals surface area contributed by atoms with Gasteiger partial charge in [0.15, 0.2) is 16.5 Å². The third kappa shape index (κ3) is 2.30. The molecule has 2 heterocycles. The summed E-state index contributed by atoms with van der Waals surface area (Å²) in [7, 11) is -3.94. The highest BCUT2D eigenvalue weighted by molar-refractivity contribution is 7.92. The van der Waals surface area contributed by atoms with E-state index in [0.717, 1.165) is 0 Å². The molecule has 108 valence electrons. The van der Waals surface area contributed by atoms with Crippen molar-refractivity contribution in [2.75, 3.05) is 4.72 Å². The molecule has 0 aliphatic carbocycles. The number of nitrogens with two attached hydrogens (primary N) is 1. The third-order valence-electron chi connectivity index (χ3n) is 2.50. The van der Waals surface area contributed by atoms with Gasteiger partial charge in [0.1, 0.15) is 11.5 Å². The van der Waals surface area contributed by atoms with E-state index < -0.39 is 10.0 Å². The molecule has 0 spiro atoms. The van der Waals surface area contributed by atoms with Gasteiger partial charge in [-0.3, -0.25) is 9.82 Å². The quantitative estimate of drug-likeness (QED) is 0.265. The van der Waals surface area contributed by atoms with Crippen LogP contribution >= 0.6 is 0 Å². The largest absolute Gasteiger partial charge is 0.409 e. The minimum absolute atomic E-state index is 0.0275. The fraction of sp³-hybridized carbons (Fsp3) is 0.222. The molecule has 0 saturated carbocycles. The maximum Gasteiger partial charge on any atom is 0.268 e. The van der Waals surface area contributed by atoms with Crippen molar-refractivity contribution >= 4 is 21.7 Å². The second kappa shape index (κ2) is 4.85. The first-order valence-electron chi connectivity index (χ1n) is 5.33. The van der Waals surface area contributed by atoms with E-state index in [1.165, 1.54) is 20.0 Å². The van der Waals surface area contributed by atoms with Crippen LogP contribution in [0, 0.1) is 13.8 Å². The summed E-state index contributed by atoms with van der Waals surface area (Å²) in [6.45, 7) is 2.98. The van der Waals surface area contributed by atoms with Gasteiger partial charge in [0.2, 0.25) is 0 Å². The van der Waals surface area contributed by atoms with Gasteiger partial charge < -0.3 is 15.5 Å². The molecule has 0 aliphatic rings. The molecule has 20 heavy (non-hydrogen) atoms. The number of nitrogens with one attached hydrogen (secondary N) is 2. The van der Waals surface area contributed by atoms with E-state index >= 15 is 0 Å². The van der Waals surface area contributed by atoms with Crippen LogP contribution in [0.5, 0.6) is 0 Å². The molecule has 0 radical (unpaired) electrons. The molecule has 0 saturated heterocycles. The number of aryl methyl sites for hydroxylation is 2. The molecule has 0 bridgehead atoms. The Kier molecular flexibility index (Phi) is 3.36. The summed E-state index contributed by atoms with van der Waals surface area (Å²) in [6, 6.07) is 0. The Morgan fingerprint density at radius 3 is 2.80 bits per heavy atom. The lowest BCUT2D eigenvalue weighted by Gasteiger charge is -2.06. The molecule has 11 heteroatoms. The molecule has 0 fully saturated rings. The van der Waals surface area contributed by atoms with Crippen molar-refractivity contribution in [1.29, 1.82) is 0 Å². The van der Waals surface area contributed by atoms with Crippen LogP contribution in [0.4, 0.5) is 5.82 Å². The molecule has 10 nitrogen and oxygen atoms in total. The number of rotatable bonds is 4. The normalized spacial score (nSPS) is 12.6. The Labute approximate surface area is 113 Å². The van der Waals surface area contributed by atoms with E-state index in [9.17, 15) is 8.42 Å². The average molecular weight is 300 g/mol. The van der Waals surface area contributed by atoms with Crippen molar-refractivity contribution < 1.29 is 18.1 Å². The first-order valence-corrected chi connectivity index (χ1v) is 6.82. The van der Waals surface area contributed by atoms with E-state index in [1.807, 2.05) is 0 Å². The number of hydrogen-bond donors (Lipinski definition) is 4. The predicted octanol–water partition coefficient (Wildman–Crippen LogP) is -0.0902. The van der Waals surface area contributed by atoms with Crippen molar-refractivity contribution in [3.63, 3.8) is 0 Å². The van der Waals surface area contributed by atoms with E-state index in [1.54, 1.807) is 0 Å². The van der Waals surface area contributed by atoms with Crippen molar-refractivity contribution in [3.05, 3.63) is 23.2 Å². The number of aromatic nitrogens is 3.